The van der Waals surface area contributed by atoms with Crippen molar-refractivity contribution in [2.75, 3.05) is 20.1 Å². The van der Waals surface area contributed by atoms with E-state index in [0.29, 0.717) is 0 Å². The van der Waals surface area contributed by atoms with Gasteiger partial charge in [0.25, 0.3) is 0 Å². The summed E-state index contributed by atoms with van der Waals surface area (Å²) in [5.74, 6) is 0. The zero-order valence-corrected chi connectivity index (χ0v) is 9.69. The number of hydrogen-bond acceptors (Lipinski definition) is 3. The van der Waals surface area contributed by atoms with Gasteiger partial charge in [0.1, 0.15) is 0 Å². The lowest BCUT2D eigenvalue weighted by molar-refractivity contribution is 0.342. The predicted molar refractivity (Wildman–Crippen MR) is 62.9 cm³/mol. The van der Waals surface area contributed by atoms with E-state index in [-0.39, 0.29) is 5.41 Å². The van der Waals surface area contributed by atoms with Crippen LogP contribution in [0.4, 0.5) is 0 Å². The maximum atomic E-state index is 9.51. The second-order valence-electron chi connectivity index (χ2n) is 4.59. The molecule has 3 heteroatoms. The second kappa shape index (κ2) is 4.63. The molecule has 1 unspecified atom stereocenters. The third kappa shape index (κ3) is 2.07. The van der Waals surface area contributed by atoms with Crippen LogP contribution in [0.1, 0.15) is 24.8 Å². The van der Waals surface area contributed by atoms with Gasteiger partial charge in [0, 0.05) is 12.4 Å². The Bertz CT molecular complexity index is 382. The van der Waals surface area contributed by atoms with Gasteiger partial charge in [-0.3, -0.25) is 4.98 Å². The molecule has 1 aromatic heterocycles. The van der Waals surface area contributed by atoms with Gasteiger partial charge in [-0.1, -0.05) is 6.07 Å². The zero-order chi connectivity index (χ0) is 11.4. The molecule has 1 aliphatic heterocycles. The lowest BCUT2D eigenvalue weighted by Gasteiger charge is -2.24. The van der Waals surface area contributed by atoms with Crippen LogP contribution in [0, 0.1) is 11.3 Å². The third-order valence-corrected chi connectivity index (χ3v) is 3.49. The molecule has 0 bridgehead atoms. The van der Waals surface area contributed by atoms with E-state index in [1.165, 1.54) is 0 Å². The van der Waals surface area contributed by atoms with Crippen molar-refractivity contribution in [1.29, 1.82) is 5.26 Å². The van der Waals surface area contributed by atoms with E-state index in [9.17, 15) is 5.26 Å². The molecule has 1 atom stereocenters. The molecule has 2 heterocycles. The average Bonchev–Trinajstić information content (AvgIpc) is 2.53. The average molecular weight is 215 g/mol. The van der Waals surface area contributed by atoms with Crippen molar-refractivity contribution in [3.63, 3.8) is 0 Å². The molecule has 84 valence electrons. The van der Waals surface area contributed by atoms with Gasteiger partial charge < -0.3 is 4.90 Å². The maximum Gasteiger partial charge on any atom is 0.0849 e. The van der Waals surface area contributed by atoms with Crippen molar-refractivity contribution in [1.82, 2.24) is 9.88 Å². The highest BCUT2D eigenvalue weighted by Gasteiger charge is 2.33. The van der Waals surface area contributed by atoms with Crippen molar-refractivity contribution in [3.8, 4) is 6.07 Å². The molecule has 1 aliphatic rings. The van der Waals surface area contributed by atoms with Crippen LogP contribution in [0.5, 0.6) is 0 Å². The number of nitriles is 1. The number of rotatable bonds is 1. The van der Waals surface area contributed by atoms with Crippen LogP contribution >= 0.6 is 0 Å². The van der Waals surface area contributed by atoms with Gasteiger partial charge in [-0.05, 0) is 51.0 Å². The number of likely N-dealkylation sites (tertiary alicyclic amines) is 1. The summed E-state index contributed by atoms with van der Waals surface area (Å²) in [7, 11) is 2.12. The SMILES string of the molecule is CN1CCCC(C#N)(c2cccnc2)CC1. The molecule has 1 fully saturated rings. The topological polar surface area (TPSA) is 39.9 Å². The van der Waals surface area contributed by atoms with Crippen molar-refractivity contribution >= 4 is 0 Å². The minimum absolute atomic E-state index is 0.320. The first-order chi connectivity index (χ1) is 7.77. The van der Waals surface area contributed by atoms with Gasteiger partial charge in [-0.2, -0.15) is 5.26 Å². The van der Waals surface area contributed by atoms with Crippen LogP contribution in [0.15, 0.2) is 24.5 Å². The Kier molecular flexibility index (Phi) is 3.21. The number of aromatic nitrogens is 1. The smallest absolute Gasteiger partial charge is 0.0849 e. The summed E-state index contributed by atoms with van der Waals surface area (Å²) in [6.45, 7) is 2.08. The summed E-state index contributed by atoms with van der Waals surface area (Å²) in [6.07, 6.45) is 6.54. The molecule has 0 aromatic carbocycles. The highest BCUT2D eigenvalue weighted by molar-refractivity contribution is 5.30. The van der Waals surface area contributed by atoms with Crippen LogP contribution in [0.2, 0.25) is 0 Å². The molecule has 3 nitrogen and oxygen atoms in total. The molecule has 2 rings (SSSR count). The number of pyridine rings is 1. The van der Waals surface area contributed by atoms with Crippen molar-refractivity contribution < 1.29 is 0 Å². The van der Waals surface area contributed by atoms with Crippen LogP contribution in [-0.4, -0.2) is 30.0 Å². The van der Waals surface area contributed by atoms with Gasteiger partial charge in [-0.15, -0.1) is 0 Å². The summed E-state index contributed by atoms with van der Waals surface area (Å²) >= 11 is 0. The quantitative estimate of drug-likeness (QED) is 0.719. The minimum atomic E-state index is -0.320. The first-order valence-corrected chi connectivity index (χ1v) is 5.77. The summed E-state index contributed by atoms with van der Waals surface area (Å²) in [6, 6.07) is 6.48. The van der Waals surface area contributed by atoms with E-state index in [4.69, 9.17) is 0 Å². The van der Waals surface area contributed by atoms with Crippen LogP contribution < -0.4 is 0 Å². The Balaban J connectivity index is 2.29. The number of nitrogens with zero attached hydrogens (tertiary/aromatic N) is 3. The Morgan fingerprint density at radius 3 is 3.00 bits per heavy atom. The molecule has 0 amide bonds. The molecule has 0 aliphatic carbocycles. The monoisotopic (exact) mass is 215 g/mol. The fraction of sp³-hybridized carbons (Fsp3) is 0.538. The van der Waals surface area contributed by atoms with E-state index in [0.717, 1.165) is 37.9 Å². The lowest BCUT2D eigenvalue weighted by Crippen LogP contribution is -2.26. The van der Waals surface area contributed by atoms with Crippen LogP contribution in [0.3, 0.4) is 0 Å². The molecule has 0 radical (unpaired) electrons. The Morgan fingerprint density at radius 2 is 2.31 bits per heavy atom. The summed E-state index contributed by atoms with van der Waals surface area (Å²) in [4.78, 5) is 6.44. The summed E-state index contributed by atoms with van der Waals surface area (Å²) < 4.78 is 0. The number of hydrogen-bond donors (Lipinski definition) is 0. The zero-order valence-electron chi connectivity index (χ0n) is 9.69. The van der Waals surface area contributed by atoms with Crippen molar-refractivity contribution in [2.45, 2.75) is 24.7 Å². The van der Waals surface area contributed by atoms with Gasteiger partial charge >= 0.3 is 0 Å². The normalized spacial score (nSPS) is 27.0. The molecule has 0 N–H and O–H groups in total. The molecule has 16 heavy (non-hydrogen) atoms. The minimum Gasteiger partial charge on any atom is -0.306 e. The summed E-state index contributed by atoms with van der Waals surface area (Å²) in [5.41, 5.74) is 0.756. The van der Waals surface area contributed by atoms with E-state index in [1.807, 2.05) is 18.3 Å². The standard InChI is InChI=1S/C13H17N3/c1-16-8-3-5-13(11-14,6-9-16)12-4-2-7-15-10-12/h2,4,7,10H,3,5-6,8-9H2,1H3. The van der Waals surface area contributed by atoms with Gasteiger partial charge in [0.2, 0.25) is 0 Å². The van der Waals surface area contributed by atoms with Crippen LogP contribution in [0.25, 0.3) is 0 Å². The maximum absolute atomic E-state index is 9.51. The Hall–Kier alpha value is -1.40. The highest BCUT2D eigenvalue weighted by Crippen LogP contribution is 2.34. The molecule has 0 saturated carbocycles. The van der Waals surface area contributed by atoms with E-state index < -0.39 is 0 Å². The molecule has 1 aromatic rings. The fourth-order valence-corrected chi connectivity index (χ4v) is 2.38. The van der Waals surface area contributed by atoms with Crippen molar-refractivity contribution in [3.05, 3.63) is 30.1 Å². The van der Waals surface area contributed by atoms with E-state index >= 15 is 0 Å². The molecular formula is C13H17N3. The largest absolute Gasteiger partial charge is 0.306 e. The van der Waals surface area contributed by atoms with Gasteiger partial charge in [-0.25, -0.2) is 0 Å². The Labute approximate surface area is 96.7 Å². The van der Waals surface area contributed by atoms with E-state index in [1.54, 1.807) is 6.20 Å². The van der Waals surface area contributed by atoms with Gasteiger partial charge in [0.05, 0.1) is 11.5 Å². The summed E-state index contributed by atoms with van der Waals surface area (Å²) in [5, 5.41) is 9.51. The van der Waals surface area contributed by atoms with E-state index in [2.05, 4.69) is 23.0 Å². The Morgan fingerprint density at radius 1 is 1.44 bits per heavy atom. The third-order valence-electron chi connectivity index (χ3n) is 3.49. The van der Waals surface area contributed by atoms with Crippen LogP contribution in [-0.2, 0) is 5.41 Å². The molecular weight excluding hydrogens is 198 g/mol. The first kappa shape index (κ1) is 11.1. The second-order valence-corrected chi connectivity index (χ2v) is 4.59. The lowest BCUT2D eigenvalue weighted by atomic mass is 9.76. The molecule has 1 saturated heterocycles. The fourth-order valence-electron chi connectivity index (χ4n) is 2.38. The molecule has 0 spiro atoms. The van der Waals surface area contributed by atoms with Gasteiger partial charge in [0.15, 0.2) is 0 Å². The highest BCUT2D eigenvalue weighted by atomic mass is 15.1. The predicted octanol–water partition coefficient (Wildman–Crippen LogP) is 1.96. The first-order valence-electron chi connectivity index (χ1n) is 5.77. The van der Waals surface area contributed by atoms with Crippen molar-refractivity contribution in [2.24, 2.45) is 0 Å².